The van der Waals surface area contributed by atoms with Crippen molar-refractivity contribution in [2.24, 2.45) is 4.99 Å². The zero-order valence-electron chi connectivity index (χ0n) is 13.7. The Morgan fingerprint density at radius 2 is 2.05 bits per heavy atom. The van der Waals surface area contributed by atoms with Crippen molar-refractivity contribution in [2.75, 3.05) is 6.61 Å². The van der Waals surface area contributed by atoms with Gasteiger partial charge in [0.05, 0.1) is 22.8 Å². The van der Waals surface area contributed by atoms with E-state index in [1.807, 2.05) is 13.8 Å². The van der Waals surface area contributed by atoms with E-state index >= 15 is 0 Å². The zero-order chi connectivity index (χ0) is 16.4. The summed E-state index contributed by atoms with van der Waals surface area (Å²) >= 11 is 1.39. The Morgan fingerprint density at radius 1 is 1.36 bits per heavy atom. The maximum Gasteiger partial charge on any atom is 0.337 e. The maximum absolute atomic E-state index is 12.6. The minimum absolute atomic E-state index is 0.0991. The second-order valence-electron chi connectivity index (χ2n) is 5.51. The number of thiazole rings is 1. The summed E-state index contributed by atoms with van der Waals surface area (Å²) in [6, 6.07) is -0.230. The first-order valence-electron chi connectivity index (χ1n) is 7.57. The minimum atomic E-state index is -0.371. The lowest BCUT2D eigenvalue weighted by Gasteiger charge is -2.21. The van der Waals surface area contributed by atoms with Crippen LogP contribution in [0.15, 0.2) is 15.4 Å². The number of hydrogen-bond donors (Lipinski definition) is 0. The number of esters is 1. The average molecular weight is 322 g/mol. The number of ether oxygens (including phenoxy) is 1. The number of hydrogen-bond acceptors (Lipinski definition) is 5. The van der Waals surface area contributed by atoms with Crippen LogP contribution >= 0.6 is 11.3 Å². The molecule has 22 heavy (non-hydrogen) atoms. The highest BCUT2D eigenvalue weighted by Crippen LogP contribution is 2.22. The second kappa shape index (κ2) is 6.60. The number of nitrogens with zero attached hydrogens (tertiary/aromatic N) is 2. The Morgan fingerprint density at radius 3 is 2.59 bits per heavy atom. The largest absolute Gasteiger partial charge is 0.463 e. The molecule has 0 saturated carbocycles. The number of fused-ring (bicyclic) bond motifs is 1. The lowest BCUT2D eigenvalue weighted by atomic mass is 10.00. The highest BCUT2D eigenvalue weighted by Gasteiger charge is 2.29. The third-order valence-corrected chi connectivity index (χ3v) is 4.88. The molecule has 0 unspecified atom stereocenters. The smallest absolute Gasteiger partial charge is 0.337 e. The van der Waals surface area contributed by atoms with Crippen molar-refractivity contribution in [1.29, 1.82) is 0 Å². The summed E-state index contributed by atoms with van der Waals surface area (Å²) in [7, 11) is 0. The van der Waals surface area contributed by atoms with E-state index in [2.05, 4.69) is 11.9 Å². The van der Waals surface area contributed by atoms with E-state index in [4.69, 9.17) is 4.74 Å². The molecule has 1 aliphatic rings. The lowest BCUT2D eigenvalue weighted by molar-refractivity contribution is -0.138. The van der Waals surface area contributed by atoms with Crippen molar-refractivity contribution in [1.82, 2.24) is 4.57 Å². The molecule has 0 saturated heterocycles. The van der Waals surface area contributed by atoms with Gasteiger partial charge in [-0.1, -0.05) is 30.3 Å². The molecule has 5 nitrogen and oxygen atoms in total. The molecule has 120 valence electrons. The Labute approximate surface area is 133 Å². The van der Waals surface area contributed by atoms with E-state index in [0.29, 0.717) is 27.2 Å². The summed E-state index contributed by atoms with van der Waals surface area (Å²) in [6.07, 6.45) is 1.67. The van der Waals surface area contributed by atoms with Crippen molar-refractivity contribution in [3.8, 4) is 0 Å². The summed E-state index contributed by atoms with van der Waals surface area (Å²) in [5, 5.41) is 0. The molecule has 0 aromatic carbocycles. The first-order chi connectivity index (χ1) is 10.4. The predicted octanol–water partition coefficient (Wildman–Crippen LogP) is 1.70. The van der Waals surface area contributed by atoms with Crippen LogP contribution in [0, 0.1) is 0 Å². The van der Waals surface area contributed by atoms with Crippen LogP contribution in [0.3, 0.4) is 0 Å². The van der Waals surface area contributed by atoms with Crippen LogP contribution in [0.5, 0.6) is 0 Å². The molecule has 2 heterocycles. The van der Waals surface area contributed by atoms with Gasteiger partial charge in [-0.05, 0) is 34.1 Å². The van der Waals surface area contributed by atoms with Crippen LogP contribution in [0.2, 0.25) is 0 Å². The maximum atomic E-state index is 12.6. The molecule has 0 aliphatic carbocycles. The van der Waals surface area contributed by atoms with Gasteiger partial charge >= 0.3 is 5.97 Å². The summed E-state index contributed by atoms with van der Waals surface area (Å²) < 4.78 is 7.40. The minimum Gasteiger partial charge on any atom is -0.463 e. The van der Waals surface area contributed by atoms with Gasteiger partial charge in [-0.15, -0.1) is 0 Å². The van der Waals surface area contributed by atoms with E-state index in [9.17, 15) is 9.59 Å². The Balaban J connectivity index is 2.75. The third kappa shape index (κ3) is 2.79. The normalized spacial score (nSPS) is 17.0. The molecule has 1 aliphatic heterocycles. The number of allylic oxidation sites excluding steroid dienone is 1. The molecular formula is C16H22N2O3S. The predicted molar refractivity (Wildman–Crippen MR) is 88.3 cm³/mol. The first kappa shape index (κ1) is 16.7. The number of carbonyl (C=O) groups excluding carboxylic acids is 1. The van der Waals surface area contributed by atoms with Gasteiger partial charge in [-0.3, -0.25) is 9.36 Å². The van der Waals surface area contributed by atoms with Crippen LogP contribution in [0.4, 0.5) is 0 Å². The van der Waals surface area contributed by atoms with Gasteiger partial charge in [0, 0.05) is 5.70 Å². The highest BCUT2D eigenvalue weighted by atomic mass is 32.1. The average Bonchev–Trinajstić information content (AvgIpc) is 2.77. The van der Waals surface area contributed by atoms with Gasteiger partial charge in [0.2, 0.25) is 0 Å². The molecule has 1 aromatic rings. The third-order valence-electron chi connectivity index (χ3n) is 3.62. The van der Waals surface area contributed by atoms with E-state index in [1.54, 1.807) is 18.4 Å². The fourth-order valence-electron chi connectivity index (χ4n) is 2.60. The van der Waals surface area contributed by atoms with Gasteiger partial charge in [-0.2, -0.15) is 0 Å². The van der Waals surface area contributed by atoms with E-state index in [0.717, 1.165) is 18.4 Å². The van der Waals surface area contributed by atoms with Crippen molar-refractivity contribution >= 4 is 28.6 Å². The van der Waals surface area contributed by atoms with E-state index in [-0.39, 0.29) is 17.6 Å². The zero-order valence-corrected chi connectivity index (χ0v) is 14.5. The molecule has 1 aromatic heterocycles. The molecule has 1 atom stereocenters. The molecule has 0 N–H and O–H groups in total. The van der Waals surface area contributed by atoms with Crippen LogP contribution in [-0.2, 0) is 9.53 Å². The number of rotatable bonds is 4. The first-order valence-corrected chi connectivity index (χ1v) is 8.39. The number of carbonyl (C=O) groups is 1. The Bertz CT molecular complexity index is 794. The van der Waals surface area contributed by atoms with Crippen molar-refractivity contribution in [2.45, 2.75) is 53.5 Å². The van der Waals surface area contributed by atoms with Crippen molar-refractivity contribution in [3.05, 3.63) is 25.3 Å². The molecule has 6 heteroatoms. The van der Waals surface area contributed by atoms with Crippen LogP contribution in [0.25, 0.3) is 11.3 Å². The number of aromatic nitrogens is 1. The molecule has 2 rings (SSSR count). The van der Waals surface area contributed by atoms with E-state index < -0.39 is 0 Å². The van der Waals surface area contributed by atoms with Crippen molar-refractivity contribution in [3.63, 3.8) is 0 Å². The molecular weight excluding hydrogens is 300 g/mol. The van der Waals surface area contributed by atoms with Gasteiger partial charge in [0.25, 0.3) is 5.56 Å². The lowest BCUT2D eigenvalue weighted by Crippen LogP contribution is -2.37. The molecule has 0 amide bonds. The Kier molecular flexibility index (Phi) is 5.01. The topological polar surface area (TPSA) is 60.7 Å². The second-order valence-corrected chi connectivity index (χ2v) is 6.48. The monoisotopic (exact) mass is 322 g/mol. The molecule has 0 bridgehead atoms. The SMILES string of the molecule is CCC[C@@H]1N=c2sc(=C(C)C)c(=O)n2C(C)=C1C(=O)OCC. The summed E-state index contributed by atoms with van der Waals surface area (Å²) in [6.45, 7) is 9.77. The van der Waals surface area contributed by atoms with Crippen LogP contribution < -0.4 is 14.9 Å². The summed E-state index contributed by atoms with van der Waals surface area (Å²) in [5.41, 5.74) is 2.02. The highest BCUT2D eigenvalue weighted by molar-refractivity contribution is 7.07. The molecule has 0 fully saturated rings. The molecule has 0 spiro atoms. The van der Waals surface area contributed by atoms with Crippen molar-refractivity contribution < 1.29 is 9.53 Å². The summed E-state index contributed by atoms with van der Waals surface area (Å²) in [5.74, 6) is -0.371. The summed E-state index contributed by atoms with van der Waals surface area (Å²) in [4.78, 5) is 30.2. The van der Waals surface area contributed by atoms with Gasteiger partial charge in [-0.25, -0.2) is 9.79 Å². The Hall–Kier alpha value is -1.69. The molecule has 0 radical (unpaired) electrons. The quantitative estimate of drug-likeness (QED) is 0.793. The fourth-order valence-corrected chi connectivity index (χ4v) is 3.66. The van der Waals surface area contributed by atoms with Crippen LogP contribution in [0.1, 0.15) is 47.5 Å². The van der Waals surface area contributed by atoms with Crippen LogP contribution in [-0.4, -0.2) is 23.2 Å². The standard InChI is InChI=1S/C16H22N2O3S/c1-6-8-11-12(15(20)21-7-2)10(5)18-14(19)13(9(3)4)22-16(18)17-11/h11H,6-8H2,1-5H3/t11-/m0/s1. The van der Waals surface area contributed by atoms with Gasteiger partial charge in [0.15, 0.2) is 4.80 Å². The fraction of sp³-hybridized carbons (Fsp3) is 0.562. The van der Waals surface area contributed by atoms with Gasteiger partial charge < -0.3 is 4.74 Å². The van der Waals surface area contributed by atoms with E-state index in [1.165, 1.54) is 11.3 Å². The van der Waals surface area contributed by atoms with Gasteiger partial charge in [0.1, 0.15) is 0 Å².